The van der Waals surface area contributed by atoms with Crippen LogP contribution >= 0.6 is 0 Å². The number of amides is 2. The Morgan fingerprint density at radius 2 is 1.95 bits per heavy atom. The third-order valence-corrected chi connectivity index (χ3v) is 4.37. The average Bonchev–Trinajstić information content (AvgIpc) is 2.32. The van der Waals surface area contributed by atoms with Crippen LogP contribution in [0.15, 0.2) is 0 Å². The van der Waals surface area contributed by atoms with E-state index in [2.05, 4.69) is 0 Å². The van der Waals surface area contributed by atoms with Crippen molar-refractivity contribution in [2.24, 2.45) is 5.92 Å². The van der Waals surface area contributed by atoms with Crippen LogP contribution in [-0.4, -0.2) is 53.1 Å². The molecule has 1 unspecified atom stereocenters. The van der Waals surface area contributed by atoms with Crippen molar-refractivity contribution in [1.29, 1.82) is 0 Å². The molecule has 2 fully saturated rings. The van der Waals surface area contributed by atoms with Crippen molar-refractivity contribution < 1.29 is 14.7 Å². The van der Waals surface area contributed by atoms with Gasteiger partial charge in [0.15, 0.2) is 0 Å². The topological polar surface area (TPSA) is 60.9 Å². The van der Waals surface area contributed by atoms with Gasteiger partial charge in [0, 0.05) is 26.2 Å². The fourth-order valence-corrected chi connectivity index (χ4v) is 3.03. The molecule has 1 saturated carbocycles. The molecule has 1 aliphatic heterocycles. The molecular weight excluding hydrogens is 244 g/mol. The third-order valence-electron chi connectivity index (χ3n) is 4.37. The Morgan fingerprint density at radius 1 is 1.21 bits per heavy atom. The summed E-state index contributed by atoms with van der Waals surface area (Å²) in [6, 6.07) is -0.111. The first-order valence-corrected chi connectivity index (χ1v) is 7.31. The van der Waals surface area contributed by atoms with E-state index in [1.807, 2.05) is 7.05 Å². The van der Waals surface area contributed by atoms with Crippen LogP contribution in [0.5, 0.6) is 0 Å². The molecule has 0 aromatic carbocycles. The van der Waals surface area contributed by atoms with Gasteiger partial charge in [-0.1, -0.05) is 6.42 Å². The van der Waals surface area contributed by atoms with Gasteiger partial charge in [0.05, 0.1) is 6.42 Å². The predicted octanol–water partition coefficient (Wildman–Crippen LogP) is 2.17. The highest BCUT2D eigenvalue weighted by molar-refractivity contribution is 5.76. The number of carboxylic acids is 1. The predicted molar refractivity (Wildman–Crippen MR) is 72.0 cm³/mol. The molecule has 0 bridgehead atoms. The van der Waals surface area contributed by atoms with E-state index in [0.29, 0.717) is 12.5 Å². The van der Waals surface area contributed by atoms with Crippen LogP contribution in [0, 0.1) is 5.92 Å². The Balaban J connectivity index is 1.91. The van der Waals surface area contributed by atoms with Crippen LogP contribution in [0.4, 0.5) is 4.79 Å². The Bertz CT molecular complexity index is 342. The summed E-state index contributed by atoms with van der Waals surface area (Å²) in [5.41, 5.74) is 0. The highest BCUT2D eigenvalue weighted by atomic mass is 16.4. The lowest BCUT2D eigenvalue weighted by Crippen LogP contribution is -2.51. The van der Waals surface area contributed by atoms with Gasteiger partial charge in [-0.05, 0) is 38.0 Å². The first-order valence-electron chi connectivity index (χ1n) is 7.31. The molecule has 108 valence electrons. The second-order valence-corrected chi connectivity index (χ2v) is 5.90. The normalized spacial score (nSPS) is 23.8. The monoisotopic (exact) mass is 268 g/mol. The zero-order chi connectivity index (χ0) is 13.8. The molecule has 19 heavy (non-hydrogen) atoms. The Hall–Kier alpha value is -1.26. The number of piperidine rings is 1. The van der Waals surface area contributed by atoms with E-state index in [1.165, 1.54) is 19.3 Å². The molecule has 2 aliphatic rings. The Labute approximate surface area is 114 Å². The number of urea groups is 1. The summed E-state index contributed by atoms with van der Waals surface area (Å²) < 4.78 is 0. The number of carbonyl (C=O) groups excluding carboxylic acids is 1. The van der Waals surface area contributed by atoms with Crippen molar-refractivity contribution >= 4 is 12.0 Å². The van der Waals surface area contributed by atoms with Crippen LogP contribution < -0.4 is 0 Å². The maximum Gasteiger partial charge on any atom is 0.320 e. The van der Waals surface area contributed by atoms with Crippen molar-refractivity contribution in [3.05, 3.63) is 0 Å². The first kappa shape index (κ1) is 14.2. The second kappa shape index (κ2) is 6.26. The van der Waals surface area contributed by atoms with E-state index in [0.717, 1.165) is 25.8 Å². The molecule has 1 saturated heterocycles. The quantitative estimate of drug-likeness (QED) is 0.850. The first-order chi connectivity index (χ1) is 9.08. The van der Waals surface area contributed by atoms with Gasteiger partial charge >= 0.3 is 12.0 Å². The lowest BCUT2D eigenvalue weighted by Gasteiger charge is -2.39. The minimum absolute atomic E-state index is 0.0119. The van der Waals surface area contributed by atoms with E-state index in [1.54, 1.807) is 9.80 Å². The van der Waals surface area contributed by atoms with E-state index in [4.69, 9.17) is 5.11 Å². The molecule has 0 spiro atoms. The Kier molecular flexibility index (Phi) is 4.66. The van der Waals surface area contributed by atoms with Gasteiger partial charge in [0.25, 0.3) is 0 Å². The van der Waals surface area contributed by atoms with Gasteiger partial charge in [-0.15, -0.1) is 0 Å². The van der Waals surface area contributed by atoms with Gasteiger partial charge in [0.2, 0.25) is 0 Å². The van der Waals surface area contributed by atoms with Gasteiger partial charge in [0.1, 0.15) is 0 Å². The number of carboxylic acid groups (broad SMARTS) is 1. The van der Waals surface area contributed by atoms with Crippen LogP contribution in [0.3, 0.4) is 0 Å². The van der Waals surface area contributed by atoms with Crippen molar-refractivity contribution in [3.63, 3.8) is 0 Å². The smallest absolute Gasteiger partial charge is 0.320 e. The largest absolute Gasteiger partial charge is 0.481 e. The van der Waals surface area contributed by atoms with Crippen molar-refractivity contribution in [1.82, 2.24) is 9.80 Å². The highest BCUT2D eigenvalue weighted by Gasteiger charge is 2.31. The summed E-state index contributed by atoms with van der Waals surface area (Å²) in [6.45, 7) is 1.51. The molecule has 1 N–H and O–H groups in total. The molecule has 5 heteroatoms. The molecular formula is C14H24N2O3. The number of hydrogen-bond acceptors (Lipinski definition) is 2. The number of nitrogens with zero attached hydrogens (tertiary/aromatic N) is 2. The average molecular weight is 268 g/mol. The number of carbonyl (C=O) groups is 2. The number of rotatable bonds is 4. The molecule has 2 amide bonds. The second-order valence-electron chi connectivity index (χ2n) is 5.90. The van der Waals surface area contributed by atoms with Gasteiger partial charge in [-0.25, -0.2) is 4.79 Å². The fourth-order valence-electron chi connectivity index (χ4n) is 3.03. The summed E-state index contributed by atoms with van der Waals surface area (Å²) in [4.78, 5) is 26.9. The summed E-state index contributed by atoms with van der Waals surface area (Å²) in [6.07, 6.45) is 6.61. The van der Waals surface area contributed by atoms with Crippen molar-refractivity contribution in [2.75, 3.05) is 20.1 Å². The SMILES string of the molecule is CN(CC1CCC1)C(=O)N1CCCCC1CC(=O)O. The summed E-state index contributed by atoms with van der Waals surface area (Å²) in [5, 5.41) is 8.94. The van der Waals surface area contributed by atoms with E-state index < -0.39 is 5.97 Å². The zero-order valence-electron chi connectivity index (χ0n) is 11.7. The van der Waals surface area contributed by atoms with Crippen LogP contribution in [0.25, 0.3) is 0 Å². The summed E-state index contributed by atoms with van der Waals surface area (Å²) in [5.74, 6) is -0.164. The molecule has 1 atom stereocenters. The number of hydrogen-bond donors (Lipinski definition) is 1. The standard InChI is InChI=1S/C14H24N2O3/c1-15(10-11-5-4-6-11)14(19)16-8-3-2-7-12(16)9-13(17)18/h11-12H,2-10H2,1H3,(H,17,18). The van der Waals surface area contributed by atoms with E-state index >= 15 is 0 Å². The molecule has 0 aromatic rings. The number of likely N-dealkylation sites (tertiary alicyclic amines) is 1. The molecule has 5 nitrogen and oxygen atoms in total. The summed E-state index contributed by atoms with van der Waals surface area (Å²) >= 11 is 0. The van der Waals surface area contributed by atoms with Crippen LogP contribution in [-0.2, 0) is 4.79 Å². The maximum absolute atomic E-state index is 12.4. The minimum Gasteiger partial charge on any atom is -0.481 e. The lowest BCUT2D eigenvalue weighted by molar-refractivity contribution is -0.138. The van der Waals surface area contributed by atoms with Crippen molar-refractivity contribution in [2.45, 2.75) is 51.0 Å². The molecule has 0 aromatic heterocycles. The van der Waals surface area contributed by atoms with Crippen LogP contribution in [0.2, 0.25) is 0 Å². The Morgan fingerprint density at radius 3 is 2.53 bits per heavy atom. The van der Waals surface area contributed by atoms with Crippen molar-refractivity contribution in [3.8, 4) is 0 Å². The van der Waals surface area contributed by atoms with Gasteiger partial charge in [-0.2, -0.15) is 0 Å². The number of aliphatic carboxylic acids is 1. The lowest BCUT2D eigenvalue weighted by atomic mass is 9.85. The highest BCUT2D eigenvalue weighted by Crippen LogP contribution is 2.28. The van der Waals surface area contributed by atoms with Crippen LogP contribution in [0.1, 0.15) is 44.9 Å². The van der Waals surface area contributed by atoms with Gasteiger partial charge < -0.3 is 14.9 Å². The fraction of sp³-hybridized carbons (Fsp3) is 0.857. The zero-order valence-corrected chi connectivity index (χ0v) is 11.7. The summed E-state index contributed by atoms with van der Waals surface area (Å²) in [7, 11) is 1.84. The van der Waals surface area contributed by atoms with E-state index in [9.17, 15) is 9.59 Å². The molecule has 1 heterocycles. The minimum atomic E-state index is -0.814. The maximum atomic E-state index is 12.4. The van der Waals surface area contributed by atoms with Gasteiger partial charge in [-0.3, -0.25) is 4.79 Å². The molecule has 0 radical (unpaired) electrons. The molecule has 2 rings (SSSR count). The van der Waals surface area contributed by atoms with E-state index in [-0.39, 0.29) is 18.5 Å². The third kappa shape index (κ3) is 3.61. The molecule has 1 aliphatic carbocycles.